The van der Waals surface area contributed by atoms with Crippen LogP contribution in [0.15, 0.2) is 53.7 Å². The van der Waals surface area contributed by atoms with Crippen LogP contribution in [0.1, 0.15) is 43.6 Å². The molecule has 3 aliphatic rings. The van der Waals surface area contributed by atoms with Crippen molar-refractivity contribution in [3.05, 3.63) is 64.8 Å². The first-order valence-electron chi connectivity index (χ1n) is 13.3. The lowest BCUT2D eigenvalue weighted by molar-refractivity contribution is -0.158. The Balaban J connectivity index is 1.11. The Morgan fingerprint density at radius 2 is 1.75 bits per heavy atom. The van der Waals surface area contributed by atoms with E-state index >= 15 is 0 Å². The maximum Gasteiger partial charge on any atom is 0.262 e. The van der Waals surface area contributed by atoms with Crippen LogP contribution < -0.4 is 10.9 Å². The van der Waals surface area contributed by atoms with Crippen molar-refractivity contribution in [2.45, 2.75) is 56.7 Å². The normalized spacial score (nSPS) is 25.4. The van der Waals surface area contributed by atoms with Gasteiger partial charge in [0.1, 0.15) is 5.65 Å². The predicted octanol–water partition coefficient (Wildman–Crippen LogP) is 2.35. The maximum atomic E-state index is 13.6. The number of hydrogen-bond donors (Lipinski definition) is 2. The second-order valence-electron chi connectivity index (χ2n) is 10.9. The second-order valence-corrected chi connectivity index (χ2v) is 10.9. The number of nitrogens with one attached hydrogen (secondary N) is 1. The van der Waals surface area contributed by atoms with E-state index in [1.807, 2.05) is 47.5 Å². The van der Waals surface area contributed by atoms with Crippen LogP contribution in [0.25, 0.3) is 11.0 Å². The number of benzene rings is 1. The van der Waals surface area contributed by atoms with Gasteiger partial charge < -0.3 is 19.9 Å². The number of likely N-dealkylation sites (tertiary alicyclic amines) is 1. The van der Waals surface area contributed by atoms with E-state index in [2.05, 4.69) is 14.9 Å². The Morgan fingerprint density at radius 3 is 2.50 bits per heavy atom. The third-order valence-corrected chi connectivity index (χ3v) is 8.43. The zero-order valence-electron chi connectivity index (χ0n) is 20.7. The molecule has 0 spiro atoms. The molecule has 0 radical (unpaired) electrons. The molecule has 1 amide bonds. The minimum absolute atomic E-state index is 0.0165. The van der Waals surface area contributed by atoms with Crippen molar-refractivity contribution in [3.63, 3.8) is 0 Å². The summed E-state index contributed by atoms with van der Waals surface area (Å²) in [6.45, 7) is 3.97. The molecule has 1 aromatic carbocycles. The monoisotopic (exact) mass is 489 g/mol. The standard InChI is InChI=1S/C28H35N5O3/c34-26-23-10-15-32(17-20-6-7-20)25(23)30-19-33(26)18-21-8-13-31(14-9-21)27(35)28(36)11-12-29-16-24(28)22-4-2-1-3-5-22/h1-5,10,15,19-21,24,29,36H,6-9,11-14,16-18H2/t24-,28+/m0/s1. The van der Waals surface area contributed by atoms with Crippen molar-refractivity contribution >= 4 is 16.9 Å². The Hall–Kier alpha value is -2.97. The fraction of sp³-hybridized carbons (Fsp3) is 0.536. The van der Waals surface area contributed by atoms with Crippen LogP contribution in [0.5, 0.6) is 0 Å². The minimum Gasteiger partial charge on any atom is -0.379 e. The molecule has 8 heteroatoms. The maximum absolute atomic E-state index is 13.6. The molecular weight excluding hydrogens is 454 g/mol. The molecule has 3 fully saturated rings. The Bertz CT molecular complexity index is 1290. The summed E-state index contributed by atoms with van der Waals surface area (Å²) < 4.78 is 3.84. The van der Waals surface area contributed by atoms with E-state index in [1.165, 1.54) is 12.8 Å². The fourth-order valence-electron chi connectivity index (χ4n) is 6.04. The van der Waals surface area contributed by atoms with Crippen molar-refractivity contribution in [1.82, 2.24) is 24.3 Å². The van der Waals surface area contributed by atoms with Crippen molar-refractivity contribution in [3.8, 4) is 0 Å². The van der Waals surface area contributed by atoms with Crippen molar-refractivity contribution in [1.29, 1.82) is 0 Å². The summed E-state index contributed by atoms with van der Waals surface area (Å²) >= 11 is 0. The molecule has 2 atom stereocenters. The first-order chi connectivity index (χ1) is 17.5. The number of carbonyl (C=O) groups is 1. The van der Waals surface area contributed by atoms with Gasteiger partial charge in [-0.25, -0.2) is 4.98 Å². The van der Waals surface area contributed by atoms with E-state index in [-0.39, 0.29) is 17.4 Å². The molecule has 0 bridgehead atoms. The number of aliphatic hydroxyl groups is 1. The highest BCUT2D eigenvalue weighted by Gasteiger charge is 2.48. The molecule has 1 aliphatic carbocycles. The molecule has 6 rings (SSSR count). The lowest BCUT2D eigenvalue weighted by Gasteiger charge is -2.43. The minimum atomic E-state index is -1.39. The first-order valence-corrected chi connectivity index (χ1v) is 13.3. The van der Waals surface area contributed by atoms with E-state index < -0.39 is 5.60 Å². The molecule has 2 aromatic heterocycles. The van der Waals surface area contributed by atoms with E-state index in [9.17, 15) is 14.7 Å². The van der Waals surface area contributed by atoms with Crippen LogP contribution in [0.4, 0.5) is 0 Å². The molecule has 36 heavy (non-hydrogen) atoms. The van der Waals surface area contributed by atoms with E-state index in [0.29, 0.717) is 50.4 Å². The van der Waals surface area contributed by atoms with Crippen LogP contribution >= 0.6 is 0 Å². The average molecular weight is 490 g/mol. The second kappa shape index (κ2) is 9.48. The van der Waals surface area contributed by atoms with Gasteiger partial charge in [-0.1, -0.05) is 30.3 Å². The third-order valence-electron chi connectivity index (χ3n) is 8.43. The average Bonchev–Trinajstić information content (AvgIpc) is 3.64. The highest BCUT2D eigenvalue weighted by Crippen LogP contribution is 2.36. The first kappa shape index (κ1) is 23.4. The fourth-order valence-corrected chi connectivity index (χ4v) is 6.04. The predicted molar refractivity (Wildman–Crippen MR) is 138 cm³/mol. The topological polar surface area (TPSA) is 92.4 Å². The van der Waals surface area contributed by atoms with Gasteiger partial charge in [-0.2, -0.15) is 0 Å². The molecule has 2 N–H and O–H groups in total. The number of piperidine rings is 2. The molecule has 190 valence electrons. The van der Waals surface area contributed by atoms with Gasteiger partial charge in [0.05, 0.1) is 11.7 Å². The zero-order valence-corrected chi connectivity index (χ0v) is 20.7. The molecule has 2 saturated heterocycles. The highest BCUT2D eigenvalue weighted by atomic mass is 16.3. The van der Waals surface area contributed by atoms with Gasteiger partial charge >= 0.3 is 0 Å². The SMILES string of the molecule is O=C(N1CCC(Cn2cnc3c(ccn3CC3CC3)c2=O)CC1)[C@@]1(O)CCNC[C@H]1c1ccccc1. The van der Waals surface area contributed by atoms with Gasteiger partial charge in [-0.15, -0.1) is 0 Å². The van der Waals surface area contributed by atoms with E-state index in [1.54, 1.807) is 10.9 Å². The highest BCUT2D eigenvalue weighted by molar-refractivity contribution is 5.86. The summed E-state index contributed by atoms with van der Waals surface area (Å²) in [5.74, 6) is 0.602. The molecule has 3 aromatic rings. The summed E-state index contributed by atoms with van der Waals surface area (Å²) in [5.41, 5.74) is 0.400. The summed E-state index contributed by atoms with van der Waals surface area (Å²) in [5, 5.41) is 15.6. The van der Waals surface area contributed by atoms with Gasteiger partial charge in [0.15, 0.2) is 5.60 Å². The van der Waals surface area contributed by atoms with Crippen LogP contribution in [-0.4, -0.2) is 61.8 Å². The molecule has 0 unspecified atom stereocenters. The van der Waals surface area contributed by atoms with Crippen molar-refractivity contribution in [2.75, 3.05) is 26.2 Å². The van der Waals surface area contributed by atoms with Crippen molar-refractivity contribution < 1.29 is 9.90 Å². The van der Waals surface area contributed by atoms with Gasteiger partial charge in [0.2, 0.25) is 0 Å². The van der Waals surface area contributed by atoms with Gasteiger partial charge in [-0.05, 0) is 62.1 Å². The van der Waals surface area contributed by atoms with Gasteiger partial charge in [0, 0.05) is 44.8 Å². The van der Waals surface area contributed by atoms with E-state index in [0.717, 1.165) is 36.5 Å². The molecular formula is C28H35N5O3. The quantitative estimate of drug-likeness (QED) is 0.555. The summed E-state index contributed by atoms with van der Waals surface area (Å²) in [6, 6.07) is 11.7. The zero-order chi connectivity index (χ0) is 24.7. The Morgan fingerprint density at radius 1 is 1.03 bits per heavy atom. The number of rotatable bonds is 6. The number of nitrogens with zero attached hydrogens (tertiary/aromatic N) is 4. The smallest absolute Gasteiger partial charge is 0.262 e. The van der Waals surface area contributed by atoms with E-state index in [4.69, 9.17) is 0 Å². The number of fused-ring (bicyclic) bond motifs is 1. The lowest BCUT2D eigenvalue weighted by Crippen LogP contribution is -2.59. The largest absolute Gasteiger partial charge is 0.379 e. The van der Waals surface area contributed by atoms with Gasteiger partial charge in [0.25, 0.3) is 11.5 Å². The molecule has 1 saturated carbocycles. The van der Waals surface area contributed by atoms with Crippen LogP contribution in [-0.2, 0) is 17.9 Å². The third kappa shape index (κ3) is 4.37. The Kier molecular flexibility index (Phi) is 6.17. The Labute approximate surface area is 210 Å². The van der Waals surface area contributed by atoms with Crippen LogP contribution in [0.3, 0.4) is 0 Å². The summed E-state index contributed by atoms with van der Waals surface area (Å²) in [6.07, 6.45) is 8.23. The van der Waals surface area contributed by atoms with Crippen LogP contribution in [0.2, 0.25) is 0 Å². The summed E-state index contributed by atoms with van der Waals surface area (Å²) in [7, 11) is 0. The molecule has 8 nitrogen and oxygen atoms in total. The molecule has 2 aliphatic heterocycles. The van der Waals surface area contributed by atoms with Crippen molar-refractivity contribution in [2.24, 2.45) is 11.8 Å². The lowest BCUT2D eigenvalue weighted by atomic mass is 9.76. The molecule has 4 heterocycles. The number of amides is 1. The van der Waals surface area contributed by atoms with Gasteiger partial charge in [-0.3, -0.25) is 14.2 Å². The number of carbonyl (C=O) groups excluding carboxylic acids is 1. The number of aromatic nitrogens is 3. The summed E-state index contributed by atoms with van der Waals surface area (Å²) in [4.78, 5) is 33.2. The van der Waals surface area contributed by atoms with Crippen LogP contribution in [0, 0.1) is 11.8 Å². The number of hydrogen-bond acceptors (Lipinski definition) is 5.